The Morgan fingerprint density at radius 3 is 2.68 bits per heavy atom. The lowest BCUT2D eigenvalue weighted by Crippen LogP contribution is -2.36. The highest BCUT2D eigenvalue weighted by atomic mass is 19.1. The van der Waals surface area contributed by atoms with Gasteiger partial charge in [-0.1, -0.05) is 6.07 Å². The molecule has 1 aliphatic rings. The number of pyridine rings is 1. The van der Waals surface area contributed by atoms with Gasteiger partial charge in [-0.05, 0) is 48.7 Å². The van der Waals surface area contributed by atoms with Crippen LogP contribution < -0.4 is 4.74 Å². The second kappa shape index (κ2) is 6.56. The third-order valence-electron chi connectivity index (χ3n) is 3.56. The lowest BCUT2D eigenvalue weighted by molar-refractivity contribution is -0.134. The number of carbonyl (C=O) groups is 1. The summed E-state index contributed by atoms with van der Waals surface area (Å²) in [6.07, 6.45) is 5.54. The highest BCUT2D eigenvalue weighted by Crippen LogP contribution is 2.28. The van der Waals surface area contributed by atoms with Gasteiger partial charge in [0.15, 0.2) is 6.61 Å². The van der Waals surface area contributed by atoms with E-state index in [4.69, 9.17) is 4.74 Å². The second-order valence-corrected chi connectivity index (χ2v) is 5.36. The maximum absolute atomic E-state index is 12.8. The molecule has 114 valence electrons. The van der Waals surface area contributed by atoms with Crippen LogP contribution in [0.4, 0.5) is 4.39 Å². The first-order valence-electron chi connectivity index (χ1n) is 7.29. The summed E-state index contributed by atoms with van der Waals surface area (Å²) in [5, 5.41) is 0. The molecule has 1 amide bonds. The van der Waals surface area contributed by atoms with E-state index in [9.17, 15) is 9.18 Å². The minimum Gasteiger partial charge on any atom is -0.484 e. The van der Waals surface area contributed by atoms with E-state index in [1.54, 1.807) is 12.4 Å². The van der Waals surface area contributed by atoms with Crippen molar-refractivity contribution in [2.24, 2.45) is 0 Å². The normalized spacial score (nSPS) is 13.7. The number of halogens is 1. The van der Waals surface area contributed by atoms with Crippen LogP contribution in [0.1, 0.15) is 18.4 Å². The number of nitrogens with zero attached hydrogens (tertiary/aromatic N) is 2. The summed E-state index contributed by atoms with van der Waals surface area (Å²) < 4.78 is 18.3. The predicted molar refractivity (Wildman–Crippen MR) is 79.7 cm³/mol. The van der Waals surface area contributed by atoms with E-state index in [1.807, 2.05) is 17.0 Å². The summed E-state index contributed by atoms with van der Waals surface area (Å²) in [6.45, 7) is 0.506. The van der Waals surface area contributed by atoms with Gasteiger partial charge in [0.25, 0.3) is 5.91 Å². The zero-order chi connectivity index (χ0) is 15.4. The third-order valence-corrected chi connectivity index (χ3v) is 3.56. The molecule has 0 saturated heterocycles. The largest absolute Gasteiger partial charge is 0.484 e. The first-order chi connectivity index (χ1) is 10.7. The standard InChI is InChI=1S/C17H17FN2O2/c18-14-3-7-16(8-4-14)22-12-17(21)20(15-5-6-15)11-13-2-1-9-19-10-13/h1-4,7-10,15H,5-6,11-12H2. The van der Waals surface area contributed by atoms with Gasteiger partial charge in [-0.15, -0.1) is 0 Å². The number of hydrogen-bond donors (Lipinski definition) is 0. The Balaban J connectivity index is 1.59. The highest BCUT2D eigenvalue weighted by Gasteiger charge is 2.32. The van der Waals surface area contributed by atoms with E-state index in [0.717, 1.165) is 18.4 Å². The molecule has 22 heavy (non-hydrogen) atoms. The van der Waals surface area contributed by atoms with Gasteiger partial charge in [0.2, 0.25) is 0 Å². The summed E-state index contributed by atoms with van der Waals surface area (Å²) >= 11 is 0. The molecule has 1 aliphatic carbocycles. The first kappa shape index (κ1) is 14.5. The van der Waals surface area contributed by atoms with Crippen LogP contribution in [0, 0.1) is 5.82 Å². The van der Waals surface area contributed by atoms with Crippen molar-refractivity contribution in [3.05, 3.63) is 60.2 Å². The molecule has 0 unspecified atom stereocenters. The molecule has 0 spiro atoms. The highest BCUT2D eigenvalue weighted by molar-refractivity contribution is 5.78. The first-order valence-corrected chi connectivity index (χ1v) is 7.29. The van der Waals surface area contributed by atoms with Gasteiger partial charge in [-0.2, -0.15) is 0 Å². The van der Waals surface area contributed by atoms with Crippen LogP contribution in [0.15, 0.2) is 48.8 Å². The van der Waals surface area contributed by atoms with Crippen molar-refractivity contribution >= 4 is 5.91 Å². The summed E-state index contributed by atoms with van der Waals surface area (Å²) in [4.78, 5) is 18.3. The van der Waals surface area contributed by atoms with E-state index >= 15 is 0 Å². The molecule has 1 aromatic heterocycles. The second-order valence-electron chi connectivity index (χ2n) is 5.36. The Morgan fingerprint density at radius 1 is 1.27 bits per heavy atom. The zero-order valence-electron chi connectivity index (χ0n) is 12.1. The third kappa shape index (κ3) is 3.81. The quantitative estimate of drug-likeness (QED) is 0.824. The van der Waals surface area contributed by atoms with Crippen molar-refractivity contribution in [2.45, 2.75) is 25.4 Å². The molecular formula is C17H17FN2O2. The Kier molecular flexibility index (Phi) is 4.32. The van der Waals surface area contributed by atoms with Crippen LogP contribution in [0.3, 0.4) is 0 Å². The van der Waals surface area contributed by atoms with Crippen LogP contribution in [0.2, 0.25) is 0 Å². The minimum absolute atomic E-state index is 0.0393. The van der Waals surface area contributed by atoms with E-state index < -0.39 is 0 Å². The Bertz CT molecular complexity index is 627. The Morgan fingerprint density at radius 2 is 2.05 bits per heavy atom. The SMILES string of the molecule is O=C(COc1ccc(F)cc1)N(Cc1cccnc1)C1CC1. The van der Waals surface area contributed by atoms with Crippen molar-refractivity contribution in [1.29, 1.82) is 0 Å². The van der Waals surface area contributed by atoms with Crippen LogP contribution >= 0.6 is 0 Å². The molecule has 0 bridgehead atoms. The summed E-state index contributed by atoms with van der Waals surface area (Å²) in [7, 11) is 0. The average molecular weight is 300 g/mol. The molecule has 2 aromatic rings. The average Bonchev–Trinajstić information content (AvgIpc) is 3.37. The van der Waals surface area contributed by atoms with Gasteiger partial charge in [0.05, 0.1) is 0 Å². The van der Waals surface area contributed by atoms with Gasteiger partial charge in [-0.3, -0.25) is 9.78 Å². The lowest BCUT2D eigenvalue weighted by atomic mass is 10.2. The number of carbonyl (C=O) groups excluding carboxylic acids is 1. The van der Waals surface area contributed by atoms with Crippen LogP contribution in [0.25, 0.3) is 0 Å². The van der Waals surface area contributed by atoms with Crippen molar-refractivity contribution < 1.29 is 13.9 Å². The lowest BCUT2D eigenvalue weighted by Gasteiger charge is -2.22. The number of amides is 1. The predicted octanol–water partition coefficient (Wildman–Crippen LogP) is 2.79. The Labute approximate surface area is 128 Å². The Hall–Kier alpha value is -2.43. The van der Waals surface area contributed by atoms with Gasteiger partial charge < -0.3 is 9.64 Å². The summed E-state index contributed by atoms with van der Waals surface area (Å²) in [6, 6.07) is 9.78. The molecule has 3 rings (SSSR count). The molecule has 1 aromatic carbocycles. The van der Waals surface area contributed by atoms with Gasteiger partial charge in [-0.25, -0.2) is 4.39 Å². The summed E-state index contributed by atoms with van der Waals surface area (Å²) in [5.41, 5.74) is 1.00. The van der Waals surface area contributed by atoms with Crippen LogP contribution in [-0.4, -0.2) is 28.4 Å². The zero-order valence-corrected chi connectivity index (χ0v) is 12.1. The molecular weight excluding hydrogens is 283 g/mol. The summed E-state index contributed by atoms with van der Waals surface area (Å²) in [5.74, 6) is 0.109. The van der Waals surface area contributed by atoms with E-state index in [-0.39, 0.29) is 18.3 Å². The molecule has 5 heteroatoms. The van der Waals surface area contributed by atoms with Crippen molar-refractivity contribution in [3.63, 3.8) is 0 Å². The topological polar surface area (TPSA) is 42.4 Å². The molecule has 1 heterocycles. The minimum atomic E-state index is -0.324. The fourth-order valence-corrected chi connectivity index (χ4v) is 2.25. The monoisotopic (exact) mass is 300 g/mol. The molecule has 0 aliphatic heterocycles. The molecule has 1 fully saturated rings. The van der Waals surface area contributed by atoms with E-state index in [1.165, 1.54) is 24.3 Å². The van der Waals surface area contributed by atoms with Crippen LogP contribution in [0.5, 0.6) is 5.75 Å². The number of aromatic nitrogens is 1. The molecule has 0 N–H and O–H groups in total. The van der Waals surface area contributed by atoms with Gasteiger partial charge in [0, 0.05) is 25.0 Å². The molecule has 0 atom stereocenters. The maximum atomic E-state index is 12.8. The van der Waals surface area contributed by atoms with Crippen molar-refractivity contribution in [2.75, 3.05) is 6.61 Å². The van der Waals surface area contributed by atoms with Gasteiger partial charge >= 0.3 is 0 Å². The number of benzene rings is 1. The van der Waals surface area contributed by atoms with Crippen LogP contribution in [-0.2, 0) is 11.3 Å². The maximum Gasteiger partial charge on any atom is 0.261 e. The number of ether oxygens (including phenoxy) is 1. The number of rotatable bonds is 6. The number of hydrogen-bond acceptors (Lipinski definition) is 3. The van der Waals surface area contributed by atoms with E-state index in [2.05, 4.69) is 4.98 Å². The fourth-order valence-electron chi connectivity index (χ4n) is 2.25. The molecule has 4 nitrogen and oxygen atoms in total. The van der Waals surface area contributed by atoms with Gasteiger partial charge in [0.1, 0.15) is 11.6 Å². The smallest absolute Gasteiger partial charge is 0.261 e. The van der Waals surface area contributed by atoms with Crippen molar-refractivity contribution in [1.82, 2.24) is 9.88 Å². The fraction of sp³-hybridized carbons (Fsp3) is 0.294. The molecule has 0 radical (unpaired) electrons. The van der Waals surface area contributed by atoms with E-state index in [0.29, 0.717) is 18.3 Å². The molecule has 1 saturated carbocycles. The van der Waals surface area contributed by atoms with Crippen molar-refractivity contribution in [3.8, 4) is 5.75 Å².